The van der Waals surface area contributed by atoms with Gasteiger partial charge in [0, 0.05) is 0 Å². The fourth-order valence-corrected chi connectivity index (χ4v) is 2.33. The molecule has 0 spiro atoms. The average molecular weight is 316 g/mol. The maximum atomic E-state index is 6.03. The van der Waals surface area contributed by atoms with Crippen LogP contribution in [-0.4, -0.2) is 44.5 Å². The Kier molecular flexibility index (Phi) is 6.32. The quantitative estimate of drug-likeness (QED) is 0.457. The van der Waals surface area contributed by atoms with Crippen LogP contribution in [0.2, 0.25) is 5.02 Å². The molecule has 110 valence electrons. The fourth-order valence-electron chi connectivity index (χ4n) is 1.99. The summed E-state index contributed by atoms with van der Waals surface area (Å²) >= 11 is 11.2. The van der Waals surface area contributed by atoms with Crippen LogP contribution >= 0.6 is 23.8 Å². The van der Waals surface area contributed by atoms with Crippen LogP contribution in [0.3, 0.4) is 0 Å². The van der Waals surface area contributed by atoms with Gasteiger partial charge in [0.1, 0.15) is 13.1 Å². The number of anilines is 1. The zero-order valence-electron chi connectivity index (χ0n) is 11.2. The number of rotatable bonds is 5. The van der Waals surface area contributed by atoms with E-state index in [-0.39, 0.29) is 0 Å². The molecule has 0 bridgehead atoms. The number of nitrogens with one attached hydrogen (secondary N) is 4. The van der Waals surface area contributed by atoms with E-state index in [1.807, 2.05) is 24.3 Å². The van der Waals surface area contributed by atoms with E-state index in [4.69, 9.17) is 28.6 Å². The van der Waals surface area contributed by atoms with E-state index in [9.17, 15) is 0 Å². The van der Waals surface area contributed by atoms with Crippen molar-refractivity contribution in [3.05, 3.63) is 29.3 Å². The lowest BCUT2D eigenvalue weighted by Crippen LogP contribution is -3.14. The number of hydrazine groups is 1. The third-order valence-electron chi connectivity index (χ3n) is 3.15. The van der Waals surface area contributed by atoms with Gasteiger partial charge in [0.05, 0.1) is 37.0 Å². The third kappa shape index (κ3) is 5.13. The molecule has 0 unspecified atom stereocenters. The Bertz CT molecular complexity index is 440. The Hall–Kier alpha value is -1.08. The van der Waals surface area contributed by atoms with Crippen LogP contribution in [-0.2, 0) is 4.74 Å². The molecule has 1 fully saturated rings. The highest BCUT2D eigenvalue weighted by atomic mass is 35.5. The van der Waals surface area contributed by atoms with Gasteiger partial charge in [-0.25, -0.2) is 0 Å². The van der Waals surface area contributed by atoms with Gasteiger partial charge in [-0.15, -0.1) is 0 Å². The molecule has 2 rings (SSSR count). The van der Waals surface area contributed by atoms with Crippen LogP contribution in [0.5, 0.6) is 0 Å². The first-order valence-electron chi connectivity index (χ1n) is 6.71. The smallest absolute Gasteiger partial charge is 0.185 e. The molecule has 0 radical (unpaired) electrons. The van der Waals surface area contributed by atoms with Crippen LogP contribution in [0, 0.1) is 0 Å². The van der Waals surface area contributed by atoms with Gasteiger partial charge in [0.2, 0.25) is 0 Å². The summed E-state index contributed by atoms with van der Waals surface area (Å²) in [7, 11) is 0. The number of morpholine rings is 1. The molecule has 5 nitrogen and oxygen atoms in total. The highest BCUT2D eigenvalue weighted by Crippen LogP contribution is 2.19. The van der Waals surface area contributed by atoms with Crippen molar-refractivity contribution in [2.45, 2.75) is 0 Å². The van der Waals surface area contributed by atoms with Crippen molar-refractivity contribution in [3.8, 4) is 0 Å². The molecule has 0 aliphatic carbocycles. The van der Waals surface area contributed by atoms with Gasteiger partial charge >= 0.3 is 0 Å². The van der Waals surface area contributed by atoms with Crippen molar-refractivity contribution in [2.75, 3.05) is 44.8 Å². The van der Waals surface area contributed by atoms with E-state index in [0.29, 0.717) is 10.1 Å². The van der Waals surface area contributed by atoms with Crippen LogP contribution < -0.4 is 21.1 Å². The maximum absolute atomic E-state index is 6.03. The number of quaternary nitrogens is 1. The molecule has 1 heterocycles. The first kappa shape index (κ1) is 15.3. The highest BCUT2D eigenvalue weighted by Gasteiger charge is 2.12. The molecule has 1 aliphatic heterocycles. The SMILES string of the molecule is S=C(NCC[NH+]1CCOCC1)NNc1ccccc1Cl. The average Bonchev–Trinajstić information content (AvgIpc) is 2.47. The summed E-state index contributed by atoms with van der Waals surface area (Å²) in [5.41, 5.74) is 6.72. The summed E-state index contributed by atoms with van der Waals surface area (Å²) in [5.74, 6) is 0. The summed E-state index contributed by atoms with van der Waals surface area (Å²) in [4.78, 5) is 1.55. The standard InChI is InChI=1S/C13H19ClN4OS/c14-11-3-1-2-4-12(11)16-17-13(20)15-5-6-18-7-9-19-10-8-18/h1-4,16H,5-10H2,(H2,15,17,20)/p+1. The number of benzene rings is 1. The van der Waals surface area contributed by atoms with Crippen LogP contribution in [0.1, 0.15) is 0 Å². The fraction of sp³-hybridized carbons (Fsp3) is 0.462. The molecule has 0 saturated carbocycles. The number of ether oxygens (including phenoxy) is 1. The first-order chi connectivity index (χ1) is 9.75. The molecule has 0 atom stereocenters. The number of para-hydroxylation sites is 1. The molecule has 1 saturated heterocycles. The lowest BCUT2D eigenvalue weighted by atomic mass is 10.3. The Morgan fingerprint density at radius 3 is 2.80 bits per heavy atom. The van der Waals surface area contributed by atoms with E-state index in [1.165, 1.54) is 0 Å². The van der Waals surface area contributed by atoms with Crippen molar-refractivity contribution in [1.29, 1.82) is 0 Å². The summed E-state index contributed by atoms with van der Waals surface area (Å²) in [6, 6.07) is 7.50. The van der Waals surface area contributed by atoms with Crippen molar-refractivity contribution < 1.29 is 9.64 Å². The van der Waals surface area contributed by atoms with E-state index in [1.54, 1.807) is 4.90 Å². The maximum Gasteiger partial charge on any atom is 0.185 e. The second-order valence-corrected chi connectivity index (χ2v) is 5.41. The lowest BCUT2D eigenvalue weighted by Gasteiger charge is -2.24. The zero-order chi connectivity index (χ0) is 14.2. The van der Waals surface area contributed by atoms with Crippen molar-refractivity contribution in [2.24, 2.45) is 0 Å². The van der Waals surface area contributed by atoms with Gasteiger partial charge in [0.25, 0.3) is 0 Å². The van der Waals surface area contributed by atoms with E-state index < -0.39 is 0 Å². The van der Waals surface area contributed by atoms with Crippen LogP contribution in [0.4, 0.5) is 5.69 Å². The summed E-state index contributed by atoms with van der Waals surface area (Å²) < 4.78 is 5.32. The number of thiocarbonyl (C=S) groups is 1. The summed E-state index contributed by atoms with van der Waals surface area (Å²) in [5, 5.41) is 4.39. The predicted molar refractivity (Wildman–Crippen MR) is 85.2 cm³/mol. The Morgan fingerprint density at radius 2 is 2.05 bits per heavy atom. The van der Waals surface area contributed by atoms with E-state index in [0.717, 1.165) is 45.1 Å². The van der Waals surface area contributed by atoms with Gasteiger partial charge in [-0.05, 0) is 24.4 Å². The predicted octanol–water partition coefficient (Wildman–Crippen LogP) is 0.0461. The molecule has 1 aromatic rings. The van der Waals surface area contributed by atoms with Crippen molar-refractivity contribution in [1.82, 2.24) is 10.7 Å². The highest BCUT2D eigenvalue weighted by molar-refractivity contribution is 7.80. The van der Waals surface area contributed by atoms with Gasteiger partial charge in [-0.2, -0.15) is 0 Å². The molecule has 4 N–H and O–H groups in total. The minimum absolute atomic E-state index is 0.567. The van der Waals surface area contributed by atoms with Crippen LogP contribution in [0.25, 0.3) is 0 Å². The van der Waals surface area contributed by atoms with Crippen molar-refractivity contribution >= 4 is 34.6 Å². The van der Waals surface area contributed by atoms with Crippen molar-refractivity contribution in [3.63, 3.8) is 0 Å². The Balaban J connectivity index is 1.62. The van der Waals surface area contributed by atoms with E-state index >= 15 is 0 Å². The Labute approximate surface area is 129 Å². The molecule has 7 heteroatoms. The van der Waals surface area contributed by atoms with Gasteiger partial charge < -0.3 is 15.0 Å². The lowest BCUT2D eigenvalue weighted by molar-refractivity contribution is -0.906. The largest absolute Gasteiger partial charge is 0.370 e. The normalized spacial score (nSPS) is 15.7. The number of hydrogen-bond acceptors (Lipinski definition) is 3. The topological polar surface area (TPSA) is 49.8 Å². The second-order valence-electron chi connectivity index (χ2n) is 4.60. The first-order valence-corrected chi connectivity index (χ1v) is 7.50. The van der Waals surface area contributed by atoms with E-state index in [2.05, 4.69) is 16.2 Å². The summed E-state index contributed by atoms with van der Waals surface area (Å²) in [6.45, 7) is 5.72. The number of halogens is 1. The third-order valence-corrected chi connectivity index (χ3v) is 3.72. The molecule has 1 aromatic carbocycles. The molecular formula is C13H20ClN4OS+. The minimum Gasteiger partial charge on any atom is -0.370 e. The minimum atomic E-state index is 0.567. The molecule has 20 heavy (non-hydrogen) atoms. The second kappa shape index (κ2) is 8.26. The summed E-state index contributed by atoms with van der Waals surface area (Å²) in [6.07, 6.45) is 0. The van der Waals surface area contributed by atoms with Gasteiger partial charge in [-0.3, -0.25) is 10.9 Å². The molecule has 0 amide bonds. The van der Waals surface area contributed by atoms with Gasteiger partial charge in [0.15, 0.2) is 5.11 Å². The molecular weight excluding hydrogens is 296 g/mol. The Morgan fingerprint density at radius 1 is 1.30 bits per heavy atom. The monoisotopic (exact) mass is 315 g/mol. The number of hydrogen-bond donors (Lipinski definition) is 4. The van der Waals surface area contributed by atoms with Gasteiger partial charge in [-0.1, -0.05) is 23.7 Å². The zero-order valence-corrected chi connectivity index (χ0v) is 12.8. The van der Waals surface area contributed by atoms with Crippen LogP contribution in [0.15, 0.2) is 24.3 Å². The molecule has 0 aromatic heterocycles. The molecule has 1 aliphatic rings.